The Balaban J connectivity index is 3.63. The van der Waals surface area contributed by atoms with Gasteiger partial charge in [0.1, 0.15) is 0 Å². The molecule has 1 aromatic rings. The van der Waals surface area contributed by atoms with E-state index >= 15 is 0 Å². The van der Waals surface area contributed by atoms with Crippen molar-refractivity contribution in [2.24, 2.45) is 0 Å². The maximum absolute atomic E-state index is 11.8. The highest BCUT2D eigenvalue weighted by Crippen LogP contribution is 2.41. The molecule has 0 aromatic heterocycles. The predicted octanol–water partition coefficient (Wildman–Crippen LogP) is 3.67. The molecule has 0 fully saturated rings. The third-order valence-corrected chi connectivity index (χ3v) is 2.88. The fraction of sp³-hybridized carbons (Fsp3) is 0.400. The molecule has 8 nitrogen and oxygen atoms in total. The van der Waals surface area contributed by atoms with Crippen LogP contribution in [0.4, 0.5) is 11.4 Å². The van der Waals surface area contributed by atoms with Crippen molar-refractivity contribution in [2.75, 3.05) is 0 Å². The highest BCUT2D eigenvalue weighted by atomic mass is 16.6. The van der Waals surface area contributed by atoms with Crippen LogP contribution in [0, 0.1) is 20.2 Å². The van der Waals surface area contributed by atoms with Gasteiger partial charge in [-0.2, -0.15) is 0 Å². The quantitative estimate of drug-likeness (QED) is 0.275. The van der Waals surface area contributed by atoms with Gasteiger partial charge in [-0.05, 0) is 19.3 Å². The molecule has 0 saturated heterocycles. The van der Waals surface area contributed by atoms with Crippen LogP contribution < -0.4 is 4.74 Å². The summed E-state index contributed by atoms with van der Waals surface area (Å²) in [5, 5.41) is 22.3. The van der Waals surface area contributed by atoms with Crippen LogP contribution in [-0.2, 0) is 10.2 Å². The zero-order valence-corrected chi connectivity index (χ0v) is 13.6. The summed E-state index contributed by atoms with van der Waals surface area (Å²) in [4.78, 5) is 32.6. The fourth-order valence-electron chi connectivity index (χ4n) is 1.87. The molecule has 0 spiro atoms. The van der Waals surface area contributed by atoms with Crippen LogP contribution in [0.3, 0.4) is 0 Å². The molecule has 1 rings (SSSR count). The molecule has 8 heteroatoms. The van der Waals surface area contributed by atoms with Gasteiger partial charge in [0.15, 0.2) is 0 Å². The monoisotopic (exact) mass is 322 g/mol. The van der Waals surface area contributed by atoms with E-state index in [1.54, 1.807) is 34.6 Å². The van der Waals surface area contributed by atoms with Gasteiger partial charge >= 0.3 is 11.7 Å². The topological polar surface area (TPSA) is 113 Å². The third kappa shape index (κ3) is 4.60. The van der Waals surface area contributed by atoms with Crippen molar-refractivity contribution in [1.29, 1.82) is 0 Å². The van der Waals surface area contributed by atoms with E-state index in [1.165, 1.54) is 12.1 Å². The molecule has 0 N–H and O–H groups in total. The maximum atomic E-state index is 11.8. The number of hydrogen-bond acceptors (Lipinski definition) is 6. The SMILES string of the molecule is CC(C)=CC(=O)Oc1c([N+](=O)[O-])cc([N+](=O)[O-])cc1C(C)(C)C. The second kappa shape index (κ2) is 6.55. The lowest BCUT2D eigenvalue weighted by Crippen LogP contribution is -2.17. The number of esters is 1. The van der Waals surface area contributed by atoms with Gasteiger partial charge in [0.2, 0.25) is 5.75 Å². The number of nitro groups is 2. The van der Waals surface area contributed by atoms with Crippen LogP contribution in [0.15, 0.2) is 23.8 Å². The van der Waals surface area contributed by atoms with Crippen molar-refractivity contribution in [2.45, 2.75) is 40.0 Å². The zero-order chi connectivity index (χ0) is 17.9. The predicted molar refractivity (Wildman–Crippen MR) is 83.5 cm³/mol. The molecule has 1 aromatic carbocycles. The minimum absolute atomic E-state index is 0.217. The summed E-state index contributed by atoms with van der Waals surface area (Å²) in [6.07, 6.45) is 1.19. The van der Waals surface area contributed by atoms with Crippen LogP contribution in [0.5, 0.6) is 5.75 Å². The molecule has 0 heterocycles. The van der Waals surface area contributed by atoms with E-state index in [0.29, 0.717) is 5.57 Å². The van der Waals surface area contributed by atoms with Gasteiger partial charge < -0.3 is 4.74 Å². The van der Waals surface area contributed by atoms with E-state index in [2.05, 4.69) is 0 Å². The van der Waals surface area contributed by atoms with Crippen molar-refractivity contribution in [1.82, 2.24) is 0 Å². The van der Waals surface area contributed by atoms with Crippen molar-refractivity contribution in [3.63, 3.8) is 0 Å². The standard InChI is InChI=1S/C15H18N2O6/c1-9(2)6-13(18)23-14-11(15(3,4)5)7-10(16(19)20)8-12(14)17(21)22/h6-8H,1-5H3. The Hall–Kier alpha value is -2.77. The molecule has 0 bridgehead atoms. The average molecular weight is 322 g/mol. The average Bonchev–Trinajstić information content (AvgIpc) is 2.35. The number of allylic oxidation sites excluding steroid dienone is 1. The Morgan fingerprint density at radius 2 is 1.70 bits per heavy atom. The number of nitrogens with zero attached hydrogens (tertiary/aromatic N) is 2. The second-order valence-electron chi connectivity index (χ2n) is 6.25. The Morgan fingerprint density at radius 1 is 1.13 bits per heavy atom. The molecule has 0 aliphatic carbocycles. The van der Waals surface area contributed by atoms with Gasteiger partial charge in [-0.25, -0.2) is 4.79 Å². The number of hydrogen-bond donors (Lipinski definition) is 0. The lowest BCUT2D eigenvalue weighted by molar-refractivity contribution is -0.394. The van der Waals surface area contributed by atoms with Gasteiger partial charge in [-0.3, -0.25) is 20.2 Å². The molecular weight excluding hydrogens is 304 g/mol. The first-order valence-electron chi connectivity index (χ1n) is 6.77. The first-order valence-corrected chi connectivity index (χ1v) is 6.77. The first-order chi connectivity index (χ1) is 10.4. The van der Waals surface area contributed by atoms with E-state index in [0.717, 1.165) is 6.07 Å². The molecule has 0 aliphatic rings. The Kier molecular flexibility index (Phi) is 5.21. The number of ether oxygens (including phenoxy) is 1. The molecule has 0 amide bonds. The largest absolute Gasteiger partial charge is 0.416 e. The summed E-state index contributed by atoms with van der Waals surface area (Å²) in [6, 6.07) is 1.98. The van der Waals surface area contributed by atoms with E-state index in [-0.39, 0.29) is 11.3 Å². The Bertz CT molecular complexity index is 697. The minimum Gasteiger partial charge on any atom is -0.416 e. The highest BCUT2D eigenvalue weighted by Gasteiger charge is 2.32. The van der Waals surface area contributed by atoms with Gasteiger partial charge in [-0.1, -0.05) is 26.3 Å². The molecule has 0 aliphatic heterocycles. The van der Waals surface area contributed by atoms with Crippen molar-refractivity contribution in [3.05, 3.63) is 49.6 Å². The molecular formula is C15H18N2O6. The second-order valence-corrected chi connectivity index (χ2v) is 6.25. The van der Waals surface area contributed by atoms with Gasteiger partial charge in [0, 0.05) is 17.7 Å². The van der Waals surface area contributed by atoms with E-state index in [4.69, 9.17) is 4.74 Å². The van der Waals surface area contributed by atoms with E-state index in [1.807, 2.05) is 0 Å². The van der Waals surface area contributed by atoms with Gasteiger partial charge in [-0.15, -0.1) is 0 Å². The summed E-state index contributed by atoms with van der Waals surface area (Å²) < 4.78 is 5.13. The van der Waals surface area contributed by atoms with E-state index < -0.39 is 32.6 Å². The minimum atomic E-state index is -0.798. The summed E-state index contributed by atoms with van der Waals surface area (Å²) in [6.45, 7) is 8.50. The third-order valence-electron chi connectivity index (χ3n) is 2.88. The van der Waals surface area contributed by atoms with E-state index in [9.17, 15) is 25.0 Å². The molecule has 0 unspecified atom stereocenters. The number of carbonyl (C=O) groups excluding carboxylic acids is 1. The van der Waals surface area contributed by atoms with Crippen LogP contribution in [0.1, 0.15) is 40.2 Å². The highest BCUT2D eigenvalue weighted by molar-refractivity contribution is 5.86. The lowest BCUT2D eigenvalue weighted by atomic mass is 9.85. The van der Waals surface area contributed by atoms with Crippen molar-refractivity contribution >= 4 is 17.3 Å². The number of carbonyl (C=O) groups is 1. The fourth-order valence-corrected chi connectivity index (χ4v) is 1.87. The van der Waals surface area contributed by atoms with Crippen LogP contribution in [0.25, 0.3) is 0 Å². The first kappa shape index (κ1) is 18.3. The van der Waals surface area contributed by atoms with Crippen molar-refractivity contribution in [3.8, 4) is 5.75 Å². The molecule has 0 atom stereocenters. The van der Waals surface area contributed by atoms with Gasteiger partial charge in [0.05, 0.1) is 15.9 Å². The molecule has 0 radical (unpaired) electrons. The smallest absolute Gasteiger partial charge is 0.336 e. The number of nitro benzene ring substituents is 2. The van der Waals surface area contributed by atoms with Crippen LogP contribution in [0.2, 0.25) is 0 Å². The number of benzene rings is 1. The normalized spacial score (nSPS) is 10.8. The van der Waals surface area contributed by atoms with Crippen molar-refractivity contribution < 1.29 is 19.4 Å². The number of non-ortho nitro benzene ring substituents is 1. The maximum Gasteiger partial charge on any atom is 0.336 e. The van der Waals surface area contributed by atoms with Crippen LogP contribution >= 0.6 is 0 Å². The van der Waals surface area contributed by atoms with Crippen LogP contribution in [-0.4, -0.2) is 15.8 Å². The Labute approximate surface area is 133 Å². The summed E-state index contributed by atoms with van der Waals surface area (Å²) >= 11 is 0. The zero-order valence-electron chi connectivity index (χ0n) is 13.6. The summed E-state index contributed by atoms with van der Waals surface area (Å²) in [7, 11) is 0. The number of rotatable bonds is 4. The summed E-state index contributed by atoms with van der Waals surface area (Å²) in [5.41, 5.74) is -0.855. The molecule has 124 valence electrons. The van der Waals surface area contributed by atoms with Gasteiger partial charge in [0.25, 0.3) is 5.69 Å². The Morgan fingerprint density at radius 3 is 2.09 bits per heavy atom. The molecule has 23 heavy (non-hydrogen) atoms. The lowest BCUT2D eigenvalue weighted by Gasteiger charge is -2.21. The molecule has 0 saturated carbocycles. The summed E-state index contributed by atoms with van der Waals surface area (Å²) in [5.74, 6) is -1.04.